The van der Waals surface area contributed by atoms with Gasteiger partial charge < -0.3 is 5.32 Å². The maximum atomic E-state index is 12.3. The Balaban J connectivity index is 1.83. The largest absolute Gasteiger partial charge is 0.321 e. The van der Waals surface area contributed by atoms with Crippen molar-refractivity contribution in [2.75, 3.05) is 5.32 Å². The minimum Gasteiger partial charge on any atom is -0.321 e. The van der Waals surface area contributed by atoms with Crippen LogP contribution in [0.25, 0.3) is 0 Å². The predicted octanol–water partition coefficient (Wildman–Crippen LogP) is 4.03. The third-order valence-corrected chi connectivity index (χ3v) is 4.42. The number of nitrogens with one attached hydrogen (secondary N) is 1. The summed E-state index contributed by atoms with van der Waals surface area (Å²) in [5.74, 6) is -0.0289. The van der Waals surface area contributed by atoms with Gasteiger partial charge >= 0.3 is 0 Å². The molecule has 0 fully saturated rings. The van der Waals surface area contributed by atoms with E-state index < -0.39 is 0 Å². The number of amides is 1. The van der Waals surface area contributed by atoms with E-state index in [2.05, 4.69) is 34.0 Å². The summed E-state index contributed by atoms with van der Waals surface area (Å²) in [6, 6.07) is 13.9. The van der Waals surface area contributed by atoms with Gasteiger partial charge in [0.2, 0.25) is 0 Å². The quantitative estimate of drug-likeness (QED) is 0.802. The summed E-state index contributed by atoms with van der Waals surface area (Å²) in [6.07, 6.45) is 3.45. The van der Waals surface area contributed by atoms with Crippen molar-refractivity contribution in [2.24, 2.45) is 0 Å². The summed E-state index contributed by atoms with van der Waals surface area (Å²) in [5, 5.41) is 2.97. The second kappa shape index (κ2) is 5.33. The molecule has 2 nitrogen and oxygen atoms in total. The molecular formula is C16H14INO. The van der Waals surface area contributed by atoms with E-state index in [0.29, 0.717) is 0 Å². The highest BCUT2D eigenvalue weighted by molar-refractivity contribution is 14.1. The molecule has 0 heterocycles. The summed E-state index contributed by atoms with van der Waals surface area (Å²) >= 11 is 2.23. The first-order valence-electron chi connectivity index (χ1n) is 6.42. The molecular weight excluding hydrogens is 349 g/mol. The lowest BCUT2D eigenvalue weighted by molar-refractivity contribution is 0.102. The highest BCUT2D eigenvalue weighted by Crippen LogP contribution is 2.24. The Morgan fingerprint density at radius 3 is 2.68 bits per heavy atom. The monoisotopic (exact) mass is 363 g/mol. The van der Waals surface area contributed by atoms with Crippen molar-refractivity contribution in [3.8, 4) is 0 Å². The summed E-state index contributed by atoms with van der Waals surface area (Å²) in [4.78, 5) is 12.3. The number of hydrogen-bond acceptors (Lipinski definition) is 1. The van der Waals surface area contributed by atoms with Crippen LogP contribution in [0.3, 0.4) is 0 Å². The molecule has 3 rings (SSSR count). The van der Waals surface area contributed by atoms with Gasteiger partial charge in [0, 0.05) is 9.13 Å². The van der Waals surface area contributed by atoms with Crippen molar-refractivity contribution >= 4 is 34.2 Å². The van der Waals surface area contributed by atoms with E-state index in [9.17, 15) is 4.79 Å². The van der Waals surface area contributed by atoms with Crippen LogP contribution in [0.4, 0.5) is 5.69 Å². The van der Waals surface area contributed by atoms with E-state index in [4.69, 9.17) is 0 Å². The van der Waals surface area contributed by atoms with Crippen molar-refractivity contribution in [3.63, 3.8) is 0 Å². The topological polar surface area (TPSA) is 29.1 Å². The molecule has 2 aromatic rings. The van der Waals surface area contributed by atoms with Crippen molar-refractivity contribution in [1.29, 1.82) is 0 Å². The molecule has 0 atom stereocenters. The number of para-hydroxylation sites is 1. The van der Waals surface area contributed by atoms with Crippen molar-refractivity contribution in [1.82, 2.24) is 0 Å². The molecule has 0 aromatic heterocycles. The Morgan fingerprint density at radius 1 is 1.05 bits per heavy atom. The van der Waals surface area contributed by atoms with Crippen LogP contribution in [0.2, 0.25) is 0 Å². The molecule has 0 bridgehead atoms. The maximum absolute atomic E-state index is 12.3. The Hall–Kier alpha value is -1.36. The van der Waals surface area contributed by atoms with E-state index in [1.54, 1.807) is 0 Å². The van der Waals surface area contributed by atoms with Crippen molar-refractivity contribution < 1.29 is 4.79 Å². The zero-order valence-electron chi connectivity index (χ0n) is 10.4. The third-order valence-electron chi connectivity index (χ3n) is 3.48. The SMILES string of the molecule is O=C(Nc1ccccc1I)c1ccc2c(c1)CCC2. The van der Waals surface area contributed by atoms with Crippen molar-refractivity contribution in [2.45, 2.75) is 19.3 Å². The standard InChI is InChI=1S/C16H14INO/c17-14-6-1-2-7-15(14)18-16(19)13-9-8-11-4-3-5-12(11)10-13/h1-2,6-10H,3-5H2,(H,18,19). The number of anilines is 1. The first-order valence-corrected chi connectivity index (χ1v) is 7.49. The average Bonchev–Trinajstić information content (AvgIpc) is 2.88. The Labute approximate surface area is 126 Å². The van der Waals surface area contributed by atoms with Gasteiger partial charge in [-0.25, -0.2) is 0 Å². The first kappa shape index (κ1) is 12.7. The molecule has 96 valence electrons. The van der Waals surface area contributed by atoms with E-state index in [-0.39, 0.29) is 5.91 Å². The fraction of sp³-hybridized carbons (Fsp3) is 0.188. The minimum absolute atomic E-state index is 0.0289. The number of carbonyl (C=O) groups excluding carboxylic acids is 1. The van der Waals surface area contributed by atoms with E-state index in [0.717, 1.165) is 27.7 Å². The lowest BCUT2D eigenvalue weighted by Gasteiger charge is -2.08. The van der Waals surface area contributed by atoms with Gasteiger partial charge in [-0.1, -0.05) is 18.2 Å². The van der Waals surface area contributed by atoms with Crippen LogP contribution in [0, 0.1) is 3.57 Å². The van der Waals surface area contributed by atoms with Gasteiger partial charge in [-0.2, -0.15) is 0 Å². The number of rotatable bonds is 2. The molecule has 0 radical (unpaired) electrons. The molecule has 0 saturated heterocycles. The second-order valence-corrected chi connectivity index (χ2v) is 5.93. The fourth-order valence-corrected chi connectivity index (χ4v) is 2.99. The van der Waals surface area contributed by atoms with Gasteiger partial charge in [0.15, 0.2) is 0 Å². The van der Waals surface area contributed by atoms with Crippen LogP contribution in [-0.4, -0.2) is 5.91 Å². The Morgan fingerprint density at radius 2 is 1.84 bits per heavy atom. The number of aryl methyl sites for hydroxylation is 2. The zero-order chi connectivity index (χ0) is 13.2. The first-order chi connectivity index (χ1) is 9.24. The number of carbonyl (C=O) groups is 1. The second-order valence-electron chi connectivity index (χ2n) is 4.77. The average molecular weight is 363 g/mol. The Kier molecular flexibility index (Phi) is 3.55. The van der Waals surface area contributed by atoms with Crippen LogP contribution in [0.1, 0.15) is 27.9 Å². The van der Waals surface area contributed by atoms with Crippen molar-refractivity contribution in [3.05, 3.63) is 62.7 Å². The molecule has 1 amide bonds. The molecule has 0 unspecified atom stereocenters. The van der Waals surface area contributed by atoms with E-state index in [1.165, 1.54) is 17.5 Å². The smallest absolute Gasteiger partial charge is 0.255 e. The predicted molar refractivity (Wildman–Crippen MR) is 85.6 cm³/mol. The van der Waals surface area contributed by atoms with Gasteiger partial charge in [0.25, 0.3) is 5.91 Å². The highest BCUT2D eigenvalue weighted by atomic mass is 127. The van der Waals surface area contributed by atoms with Gasteiger partial charge in [0.05, 0.1) is 5.69 Å². The van der Waals surface area contributed by atoms with Crippen LogP contribution in [-0.2, 0) is 12.8 Å². The van der Waals surface area contributed by atoms with Crippen LogP contribution in [0.5, 0.6) is 0 Å². The van der Waals surface area contributed by atoms with Gasteiger partial charge in [-0.3, -0.25) is 4.79 Å². The van der Waals surface area contributed by atoms with Crippen LogP contribution < -0.4 is 5.32 Å². The minimum atomic E-state index is -0.0289. The molecule has 0 saturated carbocycles. The van der Waals surface area contributed by atoms with E-state index in [1.807, 2.05) is 36.4 Å². The summed E-state index contributed by atoms with van der Waals surface area (Å²) in [7, 11) is 0. The molecule has 1 aliphatic carbocycles. The zero-order valence-corrected chi connectivity index (χ0v) is 12.6. The molecule has 19 heavy (non-hydrogen) atoms. The lowest BCUT2D eigenvalue weighted by Crippen LogP contribution is -2.13. The van der Waals surface area contributed by atoms with E-state index >= 15 is 0 Å². The normalized spacial score (nSPS) is 13.1. The molecule has 0 spiro atoms. The molecule has 1 N–H and O–H groups in total. The van der Waals surface area contributed by atoms with Gasteiger partial charge in [-0.05, 0) is 77.2 Å². The fourth-order valence-electron chi connectivity index (χ4n) is 2.47. The lowest BCUT2D eigenvalue weighted by atomic mass is 10.1. The molecule has 0 aliphatic heterocycles. The molecule has 1 aliphatic rings. The number of fused-ring (bicyclic) bond motifs is 1. The number of halogens is 1. The maximum Gasteiger partial charge on any atom is 0.255 e. The Bertz CT molecular complexity index is 636. The number of hydrogen-bond donors (Lipinski definition) is 1. The summed E-state index contributed by atoms with van der Waals surface area (Å²) in [5.41, 5.74) is 4.34. The third kappa shape index (κ3) is 2.66. The van der Waals surface area contributed by atoms with Crippen LogP contribution >= 0.6 is 22.6 Å². The number of benzene rings is 2. The van der Waals surface area contributed by atoms with Gasteiger partial charge in [-0.15, -0.1) is 0 Å². The van der Waals surface area contributed by atoms with Crippen LogP contribution in [0.15, 0.2) is 42.5 Å². The van der Waals surface area contributed by atoms with Gasteiger partial charge in [0.1, 0.15) is 0 Å². The highest BCUT2D eigenvalue weighted by Gasteiger charge is 2.14. The summed E-state index contributed by atoms with van der Waals surface area (Å²) in [6.45, 7) is 0. The summed E-state index contributed by atoms with van der Waals surface area (Å²) < 4.78 is 1.05. The molecule has 2 aromatic carbocycles. The molecule has 3 heteroatoms.